The fraction of sp³-hybridized carbons (Fsp3) is 0.667. The summed E-state index contributed by atoms with van der Waals surface area (Å²) in [5.74, 6) is -1.36. The lowest BCUT2D eigenvalue weighted by Crippen LogP contribution is -2.58. The number of carboxylic acid groups (broad SMARTS) is 1. The molecule has 1 aliphatic rings. The van der Waals surface area contributed by atoms with E-state index in [0.29, 0.717) is 19.6 Å². The van der Waals surface area contributed by atoms with Crippen LogP contribution in [0.15, 0.2) is 4.90 Å². The molecule has 0 aliphatic carbocycles. The number of carboxylic acids is 1. The molecular formula is C12H20N4O4S. The van der Waals surface area contributed by atoms with E-state index in [-0.39, 0.29) is 16.1 Å². The second-order valence-corrected chi connectivity index (χ2v) is 7.78. The third-order valence-corrected chi connectivity index (χ3v) is 5.98. The van der Waals surface area contributed by atoms with Gasteiger partial charge in [-0.15, -0.1) is 0 Å². The molecule has 1 saturated heterocycles. The largest absolute Gasteiger partial charge is 0.476 e. The maximum Gasteiger partial charge on any atom is 0.357 e. The molecule has 0 bridgehead atoms. The zero-order valence-electron chi connectivity index (χ0n) is 12.5. The van der Waals surface area contributed by atoms with Crippen molar-refractivity contribution in [1.29, 1.82) is 0 Å². The van der Waals surface area contributed by atoms with E-state index in [2.05, 4.69) is 15.1 Å². The average Bonchev–Trinajstić information content (AvgIpc) is 2.75. The molecule has 1 aromatic heterocycles. The molecule has 0 spiro atoms. The van der Waals surface area contributed by atoms with Gasteiger partial charge < -0.3 is 5.11 Å². The summed E-state index contributed by atoms with van der Waals surface area (Å²) in [6.07, 6.45) is 0. The van der Waals surface area contributed by atoms with Gasteiger partial charge in [-0.1, -0.05) is 0 Å². The number of aromatic nitrogens is 2. The molecule has 8 nitrogen and oxygen atoms in total. The number of piperazine rings is 1. The van der Waals surface area contributed by atoms with Crippen LogP contribution < -0.4 is 0 Å². The molecule has 2 N–H and O–H groups in total. The zero-order valence-corrected chi connectivity index (χ0v) is 13.4. The summed E-state index contributed by atoms with van der Waals surface area (Å²) in [6, 6.07) is 0. The second-order valence-electron chi connectivity index (χ2n) is 5.90. The fourth-order valence-electron chi connectivity index (χ4n) is 2.41. The SMILES string of the molecule is Cc1[nH]nc(C(=O)O)c1S(=O)(=O)N1CCN(C)C(C)(C)C1. The van der Waals surface area contributed by atoms with Gasteiger partial charge in [-0.2, -0.15) is 9.40 Å². The molecule has 0 aromatic carbocycles. The Labute approximate surface area is 123 Å². The zero-order chi connectivity index (χ0) is 16.0. The van der Waals surface area contributed by atoms with Crippen LogP contribution >= 0.6 is 0 Å². The number of hydrogen-bond donors (Lipinski definition) is 2. The molecule has 118 valence electrons. The standard InChI is InChI=1S/C12H20N4O4S/c1-8-10(9(11(17)18)14-13-8)21(19,20)16-6-5-15(4)12(2,3)7-16/h5-7H2,1-4H3,(H,13,14)(H,17,18). The van der Waals surface area contributed by atoms with E-state index in [0.717, 1.165) is 0 Å². The molecule has 0 amide bonds. The van der Waals surface area contributed by atoms with Crippen molar-refractivity contribution in [3.8, 4) is 0 Å². The Morgan fingerprint density at radius 3 is 2.52 bits per heavy atom. The quantitative estimate of drug-likeness (QED) is 0.821. The van der Waals surface area contributed by atoms with Crippen LogP contribution in [0.4, 0.5) is 0 Å². The van der Waals surface area contributed by atoms with E-state index in [4.69, 9.17) is 5.11 Å². The summed E-state index contributed by atoms with van der Waals surface area (Å²) in [6.45, 7) is 6.63. The van der Waals surface area contributed by atoms with E-state index < -0.39 is 21.7 Å². The molecule has 1 aromatic rings. The number of rotatable bonds is 3. The summed E-state index contributed by atoms with van der Waals surface area (Å²) >= 11 is 0. The Balaban J connectivity index is 2.44. The molecule has 2 heterocycles. The molecule has 0 saturated carbocycles. The Kier molecular flexibility index (Phi) is 3.85. The van der Waals surface area contributed by atoms with Gasteiger partial charge >= 0.3 is 5.97 Å². The first-order chi connectivity index (χ1) is 9.57. The number of H-pyrrole nitrogens is 1. The van der Waals surface area contributed by atoms with Crippen molar-refractivity contribution in [3.63, 3.8) is 0 Å². The van der Waals surface area contributed by atoms with Gasteiger partial charge in [0.15, 0.2) is 5.69 Å². The number of nitrogens with one attached hydrogen (secondary N) is 1. The van der Waals surface area contributed by atoms with Crippen LogP contribution in [0.1, 0.15) is 30.0 Å². The molecule has 0 unspecified atom stereocenters. The highest BCUT2D eigenvalue weighted by molar-refractivity contribution is 7.89. The summed E-state index contributed by atoms with van der Waals surface area (Å²) in [5, 5.41) is 15.1. The summed E-state index contributed by atoms with van der Waals surface area (Å²) in [4.78, 5) is 13.0. The van der Waals surface area contributed by atoms with E-state index >= 15 is 0 Å². The van der Waals surface area contributed by atoms with Gasteiger partial charge in [0.05, 0.1) is 5.69 Å². The van der Waals surface area contributed by atoms with Gasteiger partial charge in [0.2, 0.25) is 10.0 Å². The smallest absolute Gasteiger partial charge is 0.357 e. The first-order valence-electron chi connectivity index (χ1n) is 6.57. The normalized spacial score (nSPS) is 20.6. The predicted molar refractivity (Wildman–Crippen MR) is 75.8 cm³/mol. The highest BCUT2D eigenvalue weighted by Gasteiger charge is 2.40. The summed E-state index contributed by atoms with van der Waals surface area (Å²) in [7, 11) is -1.95. The van der Waals surface area contributed by atoms with E-state index in [1.54, 1.807) is 0 Å². The van der Waals surface area contributed by atoms with Crippen molar-refractivity contribution in [2.75, 3.05) is 26.7 Å². The van der Waals surface area contributed by atoms with Gasteiger partial charge in [0, 0.05) is 25.2 Å². The highest BCUT2D eigenvalue weighted by atomic mass is 32.2. The van der Waals surface area contributed by atoms with Crippen LogP contribution in [0.5, 0.6) is 0 Å². The minimum atomic E-state index is -3.89. The Hall–Kier alpha value is -1.45. The lowest BCUT2D eigenvalue weighted by atomic mass is 10.0. The predicted octanol–water partition coefficient (Wildman–Crippen LogP) is 0.131. The number of sulfonamides is 1. The van der Waals surface area contributed by atoms with Crippen molar-refractivity contribution in [2.24, 2.45) is 0 Å². The van der Waals surface area contributed by atoms with Crippen molar-refractivity contribution in [2.45, 2.75) is 31.2 Å². The first-order valence-corrected chi connectivity index (χ1v) is 8.01. The van der Waals surface area contributed by atoms with Crippen molar-refractivity contribution >= 4 is 16.0 Å². The molecule has 1 aliphatic heterocycles. The van der Waals surface area contributed by atoms with E-state index in [1.807, 2.05) is 20.9 Å². The van der Waals surface area contributed by atoms with E-state index in [9.17, 15) is 13.2 Å². The first kappa shape index (κ1) is 15.9. The van der Waals surface area contributed by atoms with Crippen LogP contribution in [0.2, 0.25) is 0 Å². The number of carbonyl (C=O) groups is 1. The van der Waals surface area contributed by atoms with Crippen LogP contribution in [0.25, 0.3) is 0 Å². The number of nitrogens with zero attached hydrogens (tertiary/aromatic N) is 3. The van der Waals surface area contributed by atoms with Crippen LogP contribution in [0, 0.1) is 6.92 Å². The van der Waals surface area contributed by atoms with Crippen LogP contribution in [-0.4, -0.2) is 71.1 Å². The fourth-order valence-corrected chi connectivity index (χ4v) is 4.29. The Morgan fingerprint density at radius 2 is 2.00 bits per heavy atom. The molecule has 2 rings (SSSR count). The summed E-state index contributed by atoms with van der Waals surface area (Å²) in [5.41, 5.74) is -0.528. The van der Waals surface area contributed by atoms with Crippen molar-refractivity contribution in [3.05, 3.63) is 11.4 Å². The number of hydrogen-bond acceptors (Lipinski definition) is 5. The third-order valence-electron chi connectivity index (χ3n) is 3.97. The molecule has 0 radical (unpaired) electrons. The molecule has 1 fully saturated rings. The van der Waals surface area contributed by atoms with Gasteiger partial charge in [-0.3, -0.25) is 10.00 Å². The highest BCUT2D eigenvalue weighted by Crippen LogP contribution is 2.27. The second kappa shape index (κ2) is 5.08. The maximum absolute atomic E-state index is 12.8. The molecule has 0 atom stereocenters. The van der Waals surface area contributed by atoms with Crippen molar-refractivity contribution < 1.29 is 18.3 Å². The topological polar surface area (TPSA) is 107 Å². The monoisotopic (exact) mass is 316 g/mol. The number of aromatic amines is 1. The number of aryl methyl sites for hydroxylation is 1. The van der Waals surface area contributed by atoms with Gasteiger partial charge in [0.25, 0.3) is 0 Å². The molecule has 9 heteroatoms. The van der Waals surface area contributed by atoms with Crippen LogP contribution in [0.3, 0.4) is 0 Å². The Bertz CT molecular complexity index is 665. The van der Waals surface area contributed by atoms with Gasteiger partial charge in [0.1, 0.15) is 4.90 Å². The minimum absolute atomic E-state index is 0.240. The maximum atomic E-state index is 12.8. The van der Waals surface area contributed by atoms with Crippen LogP contribution in [-0.2, 0) is 10.0 Å². The lowest BCUT2D eigenvalue weighted by molar-refractivity contribution is 0.0684. The number of aromatic carboxylic acids is 1. The number of likely N-dealkylation sites (N-methyl/N-ethyl adjacent to an activating group) is 1. The van der Waals surface area contributed by atoms with Crippen molar-refractivity contribution in [1.82, 2.24) is 19.4 Å². The third kappa shape index (κ3) is 2.68. The minimum Gasteiger partial charge on any atom is -0.476 e. The molecule has 21 heavy (non-hydrogen) atoms. The molecular weight excluding hydrogens is 296 g/mol. The lowest BCUT2D eigenvalue weighted by Gasteiger charge is -2.44. The van der Waals surface area contributed by atoms with Gasteiger partial charge in [-0.25, -0.2) is 13.2 Å². The van der Waals surface area contributed by atoms with E-state index in [1.165, 1.54) is 11.2 Å². The summed E-state index contributed by atoms with van der Waals surface area (Å²) < 4.78 is 26.9. The Morgan fingerprint density at radius 1 is 1.38 bits per heavy atom. The average molecular weight is 316 g/mol. The van der Waals surface area contributed by atoms with Gasteiger partial charge in [-0.05, 0) is 27.8 Å².